The van der Waals surface area contributed by atoms with E-state index in [4.69, 9.17) is 27.9 Å². The molecule has 3 rings (SSSR count). The number of nitrogens with zero attached hydrogens (tertiary/aromatic N) is 2. The third-order valence-electron chi connectivity index (χ3n) is 4.38. The molecule has 1 fully saturated rings. The van der Waals surface area contributed by atoms with Crippen LogP contribution in [0, 0.1) is 0 Å². The first-order valence-electron chi connectivity index (χ1n) is 9.09. The molecule has 1 aromatic heterocycles. The summed E-state index contributed by atoms with van der Waals surface area (Å²) in [4.78, 5) is 0. The van der Waals surface area contributed by atoms with E-state index in [1.807, 2.05) is 13.8 Å². The number of benzene rings is 1. The highest BCUT2D eigenvalue weighted by Gasteiger charge is 2.32. The lowest BCUT2D eigenvalue weighted by atomic mass is 10.1. The lowest BCUT2D eigenvalue weighted by Gasteiger charge is -2.14. The molecule has 156 valence electrons. The van der Waals surface area contributed by atoms with Crippen molar-refractivity contribution in [3.8, 4) is 5.69 Å². The van der Waals surface area contributed by atoms with Crippen LogP contribution >= 0.6 is 23.2 Å². The number of aromatic nitrogens is 2. The summed E-state index contributed by atoms with van der Waals surface area (Å²) in [7, 11) is 0. The highest BCUT2D eigenvalue weighted by molar-refractivity contribution is 6.37. The van der Waals surface area contributed by atoms with Gasteiger partial charge in [0.15, 0.2) is 0 Å². The first-order chi connectivity index (χ1) is 13.2. The van der Waals surface area contributed by atoms with Gasteiger partial charge in [-0.2, -0.15) is 18.3 Å². The molecule has 0 atom stereocenters. The summed E-state index contributed by atoms with van der Waals surface area (Å²) in [6, 6.07) is 1.66. The summed E-state index contributed by atoms with van der Waals surface area (Å²) in [6.45, 7) is 5.53. The molecule has 2 heterocycles. The van der Waals surface area contributed by atoms with E-state index < -0.39 is 11.7 Å². The quantitative estimate of drug-likeness (QED) is 0.674. The van der Waals surface area contributed by atoms with E-state index >= 15 is 0 Å². The summed E-state index contributed by atoms with van der Waals surface area (Å²) >= 11 is 12.1. The Balaban J connectivity index is 0.000000485. The molecule has 0 radical (unpaired) electrons. The Hall–Kier alpha value is -1.28. The van der Waals surface area contributed by atoms with E-state index in [0.717, 1.165) is 25.3 Å². The molecular weight excluding hydrogens is 416 g/mol. The van der Waals surface area contributed by atoms with Crippen molar-refractivity contribution in [2.24, 2.45) is 0 Å². The Labute approximate surface area is 172 Å². The molecule has 0 amide bonds. The topological polar surface area (TPSA) is 47.3 Å². The van der Waals surface area contributed by atoms with Crippen molar-refractivity contribution in [2.75, 3.05) is 13.2 Å². The first kappa shape index (κ1) is 23.0. The van der Waals surface area contributed by atoms with Crippen LogP contribution in [0.1, 0.15) is 49.2 Å². The maximum Gasteiger partial charge on any atom is 0.416 e. The van der Waals surface area contributed by atoms with Gasteiger partial charge < -0.3 is 9.84 Å². The second-order valence-corrected chi connectivity index (χ2v) is 7.07. The number of halogens is 5. The lowest BCUT2D eigenvalue weighted by molar-refractivity contribution is -0.137. The van der Waals surface area contributed by atoms with Gasteiger partial charge in [0.25, 0.3) is 0 Å². The Morgan fingerprint density at radius 2 is 1.68 bits per heavy atom. The molecular formula is C19H23Cl2F3N2O2. The maximum absolute atomic E-state index is 12.8. The van der Waals surface area contributed by atoms with Crippen LogP contribution in [0.2, 0.25) is 10.0 Å². The average molecular weight is 439 g/mol. The molecule has 0 unspecified atom stereocenters. The molecule has 9 heteroatoms. The number of rotatable bonds is 4. The van der Waals surface area contributed by atoms with Crippen LogP contribution in [0.15, 0.2) is 12.1 Å². The SMILES string of the molecule is C1CCOC1.CCc1nn(-c2c(Cl)cc(C(F)(F)F)cc2Cl)c(CC)c1CO. The number of alkyl halides is 3. The fourth-order valence-corrected chi connectivity index (χ4v) is 3.64. The zero-order chi connectivity index (χ0) is 20.9. The molecule has 0 saturated carbocycles. The van der Waals surface area contributed by atoms with Gasteiger partial charge in [-0.15, -0.1) is 0 Å². The largest absolute Gasteiger partial charge is 0.416 e. The van der Waals surface area contributed by atoms with Crippen LogP contribution in [0.4, 0.5) is 13.2 Å². The van der Waals surface area contributed by atoms with Crippen molar-refractivity contribution in [2.45, 2.75) is 52.3 Å². The summed E-state index contributed by atoms with van der Waals surface area (Å²) in [5.41, 5.74) is 1.26. The van der Waals surface area contributed by atoms with E-state index in [0.29, 0.717) is 29.8 Å². The average Bonchev–Trinajstić information content (AvgIpc) is 3.31. The summed E-state index contributed by atoms with van der Waals surface area (Å²) in [5, 5.41) is 13.6. The minimum Gasteiger partial charge on any atom is -0.392 e. The minimum atomic E-state index is -4.53. The molecule has 1 N–H and O–H groups in total. The Morgan fingerprint density at radius 1 is 1.11 bits per heavy atom. The predicted octanol–water partition coefficient (Wildman–Crippen LogP) is 5.61. The maximum atomic E-state index is 12.8. The van der Waals surface area contributed by atoms with E-state index in [1.165, 1.54) is 17.5 Å². The highest BCUT2D eigenvalue weighted by Crippen LogP contribution is 2.38. The smallest absolute Gasteiger partial charge is 0.392 e. The van der Waals surface area contributed by atoms with E-state index in [9.17, 15) is 18.3 Å². The molecule has 28 heavy (non-hydrogen) atoms. The Morgan fingerprint density at radius 3 is 2.04 bits per heavy atom. The van der Waals surface area contributed by atoms with Gasteiger partial charge in [-0.25, -0.2) is 4.68 Å². The van der Waals surface area contributed by atoms with Crippen LogP contribution < -0.4 is 0 Å². The zero-order valence-corrected chi connectivity index (χ0v) is 17.3. The molecule has 1 aliphatic heterocycles. The number of hydrogen-bond donors (Lipinski definition) is 1. The second-order valence-electron chi connectivity index (χ2n) is 6.25. The molecule has 0 aliphatic carbocycles. The van der Waals surface area contributed by atoms with Gasteiger partial charge in [0.05, 0.1) is 27.9 Å². The highest BCUT2D eigenvalue weighted by atomic mass is 35.5. The molecule has 0 bridgehead atoms. The summed E-state index contributed by atoms with van der Waals surface area (Å²) in [5.74, 6) is 0. The monoisotopic (exact) mass is 438 g/mol. The minimum absolute atomic E-state index is 0.144. The van der Waals surface area contributed by atoms with Gasteiger partial charge in [0.2, 0.25) is 0 Å². The van der Waals surface area contributed by atoms with Gasteiger partial charge in [0.1, 0.15) is 5.69 Å². The molecule has 0 spiro atoms. The Kier molecular flexibility index (Phi) is 8.18. The molecule has 1 saturated heterocycles. The van der Waals surface area contributed by atoms with Crippen LogP contribution in [0.25, 0.3) is 5.69 Å². The second kappa shape index (κ2) is 9.96. The van der Waals surface area contributed by atoms with Crippen molar-refractivity contribution in [1.82, 2.24) is 9.78 Å². The number of ether oxygens (including phenoxy) is 1. The van der Waals surface area contributed by atoms with Crippen molar-refractivity contribution in [3.05, 3.63) is 44.7 Å². The summed E-state index contributed by atoms with van der Waals surface area (Å²) in [6.07, 6.45) is -0.878. The van der Waals surface area contributed by atoms with E-state index in [1.54, 1.807) is 0 Å². The predicted molar refractivity (Wildman–Crippen MR) is 103 cm³/mol. The van der Waals surface area contributed by atoms with Crippen molar-refractivity contribution >= 4 is 23.2 Å². The third kappa shape index (κ3) is 5.20. The fourth-order valence-electron chi connectivity index (χ4n) is 2.99. The molecule has 4 nitrogen and oxygen atoms in total. The zero-order valence-electron chi connectivity index (χ0n) is 15.7. The molecule has 1 aliphatic rings. The number of aliphatic hydroxyl groups excluding tert-OH is 1. The van der Waals surface area contributed by atoms with Crippen LogP contribution in [-0.4, -0.2) is 28.1 Å². The van der Waals surface area contributed by atoms with Gasteiger partial charge in [-0.3, -0.25) is 0 Å². The third-order valence-corrected chi connectivity index (χ3v) is 4.96. The van der Waals surface area contributed by atoms with E-state index in [2.05, 4.69) is 5.10 Å². The lowest BCUT2D eigenvalue weighted by Crippen LogP contribution is -2.09. The number of aryl methyl sites for hydroxylation is 1. The van der Waals surface area contributed by atoms with E-state index in [-0.39, 0.29) is 22.3 Å². The number of aliphatic hydroxyl groups is 1. The molecule has 2 aromatic rings. The summed E-state index contributed by atoms with van der Waals surface area (Å²) < 4.78 is 44.9. The van der Waals surface area contributed by atoms with Gasteiger partial charge >= 0.3 is 6.18 Å². The van der Waals surface area contributed by atoms with Gasteiger partial charge in [0, 0.05) is 24.5 Å². The van der Waals surface area contributed by atoms with Crippen LogP contribution in [-0.2, 0) is 30.4 Å². The van der Waals surface area contributed by atoms with Gasteiger partial charge in [-0.05, 0) is 37.8 Å². The molecule has 1 aromatic carbocycles. The van der Waals surface area contributed by atoms with Crippen molar-refractivity contribution in [3.63, 3.8) is 0 Å². The van der Waals surface area contributed by atoms with Gasteiger partial charge in [-0.1, -0.05) is 37.0 Å². The normalized spacial score (nSPS) is 14.1. The van der Waals surface area contributed by atoms with Crippen molar-refractivity contribution in [1.29, 1.82) is 0 Å². The van der Waals surface area contributed by atoms with Crippen LogP contribution in [0.3, 0.4) is 0 Å². The van der Waals surface area contributed by atoms with Crippen molar-refractivity contribution < 1.29 is 23.0 Å². The number of hydrogen-bond acceptors (Lipinski definition) is 3. The van der Waals surface area contributed by atoms with Crippen LogP contribution in [0.5, 0.6) is 0 Å². The first-order valence-corrected chi connectivity index (χ1v) is 9.84. The fraction of sp³-hybridized carbons (Fsp3) is 0.526. The standard InChI is InChI=1S/C15H15Cl2F3N2O.C4H8O/c1-3-12-9(7-23)13(4-2)22(21-12)14-10(16)5-8(6-11(14)17)15(18,19)20;1-2-4-5-3-1/h5-6,23H,3-4,7H2,1-2H3;1-4H2. The Bertz CT molecular complexity index is 773.